The number of carboxylic acid groups (broad SMARTS) is 1. The number of carbonyl (C=O) groups excluding carboxylic acids is 4. The quantitative estimate of drug-likeness (QED) is 0.264. The van der Waals surface area contributed by atoms with E-state index in [1.165, 1.54) is 11.0 Å². The summed E-state index contributed by atoms with van der Waals surface area (Å²) in [5, 5.41) is 12.5. The lowest BCUT2D eigenvalue weighted by molar-refractivity contribution is -0.166. The zero-order valence-corrected chi connectivity index (χ0v) is 26.2. The number of cyclic esters (lactones) is 1. The molecule has 0 aliphatic carbocycles. The summed E-state index contributed by atoms with van der Waals surface area (Å²) < 4.78 is 16.8. The molecule has 0 saturated carbocycles. The van der Waals surface area contributed by atoms with Crippen molar-refractivity contribution in [1.82, 2.24) is 4.90 Å². The second kappa shape index (κ2) is 14.7. The SMILES string of the molecule is CC(C(Cc1ccc(C(=O)Nc2ccccc2)o1)C(=O)OC(C)(C)C)N(C/C=C/c1ccccc1)C(=O)C1OC(=O)CC1C(=O)O. The van der Waals surface area contributed by atoms with E-state index in [0.717, 1.165) is 5.56 Å². The van der Waals surface area contributed by atoms with Gasteiger partial charge in [0.05, 0.1) is 12.3 Å². The average Bonchev–Trinajstić information content (AvgIpc) is 3.64. The Bertz CT molecular complexity index is 1570. The maximum atomic E-state index is 13.9. The molecule has 1 aliphatic heterocycles. The number of nitrogens with zero attached hydrogens (tertiary/aromatic N) is 1. The number of rotatable bonds is 12. The maximum absolute atomic E-state index is 13.9. The Hall–Kier alpha value is -5.19. The molecule has 2 N–H and O–H groups in total. The van der Waals surface area contributed by atoms with E-state index in [-0.39, 0.29) is 18.7 Å². The van der Waals surface area contributed by atoms with Crippen LogP contribution >= 0.6 is 0 Å². The first-order valence-corrected chi connectivity index (χ1v) is 14.9. The van der Waals surface area contributed by atoms with Gasteiger partial charge in [-0.3, -0.25) is 24.0 Å². The van der Waals surface area contributed by atoms with Crippen LogP contribution in [-0.4, -0.2) is 64.0 Å². The minimum atomic E-state index is -1.56. The molecule has 4 atom stereocenters. The number of hydrogen-bond acceptors (Lipinski definition) is 8. The molecule has 1 saturated heterocycles. The fourth-order valence-corrected chi connectivity index (χ4v) is 5.07. The Balaban J connectivity index is 1.64. The van der Waals surface area contributed by atoms with Crippen LogP contribution < -0.4 is 5.32 Å². The molecule has 2 heterocycles. The number of carbonyl (C=O) groups is 5. The molecule has 0 radical (unpaired) electrons. The fraction of sp³-hybridized carbons (Fsp3) is 0.343. The van der Waals surface area contributed by atoms with Crippen molar-refractivity contribution in [2.24, 2.45) is 11.8 Å². The van der Waals surface area contributed by atoms with Crippen LogP contribution in [0.2, 0.25) is 0 Å². The highest BCUT2D eigenvalue weighted by atomic mass is 16.6. The van der Waals surface area contributed by atoms with Crippen LogP contribution in [0.4, 0.5) is 5.69 Å². The van der Waals surface area contributed by atoms with Crippen molar-refractivity contribution in [3.05, 3.63) is 96.0 Å². The van der Waals surface area contributed by atoms with Gasteiger partial charge in [-0.1, -0.05) is 60.7 Å². The second-order valence-electron chi connectivity index (χ2n) is 12.0. The van der Waals surface area contributed by atoms with Crippen LogP contribution in [0.1, 0.15) is 56.0 Å². The van der Waals surface area contributed by atoms with Crippen LogP contribution in [0.25, 0.3) is 6.08 Å². The Morgan fingerprint density at radius 3 is 2.30 bits per heavy atom. The summed E-state index contributed by atoms with van der Waals surface area (Å²) in [5.74, 6) is -6.05. The molecule has 11 heteroatoms. The van der Waals surface area contributed by atoms with Crippen molar-refractivity contribution in [1.29, 1.82) is 0 Å². The van der Waals surface area contributed by atoms with Crippen molar-refractivity contribution >= 4 is 41.5 Å². The zero-order valence-electron chi connectivity index (χ0n) is 26.2. The topological polar surface area (TPSA) is 152 Å². The third-order valence-corrected chi connectivity index (χ3v) is 7.39. The first kappa shape index (κ1) is 33.7. The molecule has 242 valence electrons. The average molecular weight is 631 g/mol. The molecule has 4 unspecified atom stereocenters. The number of ether oxygens (including phenoxy) is 2. The van der Waals surface area contributed by atoms with Crippen LogP contribution in [0.15, 0.2) is 83.3 Å². The fourth-order valence-electron chi connectivity index (χ4n) is 5.07. The van der Waals surface area contributed by atoms with Gasteiger partial charge in [0.1, 0.15) is 17.3 Å². The summed E-state index contributed by atoms with van der Waals surface area (Å²) in [4.78, 5) is 65.8. The minimum absolute atomic E-state index is 0.0235. The third kappa shape index (κ3) is 8.93. The summed E-state index contributed by atoms with van der Waals surface area (Å²) in [6, 6.07) is 20.4. The van der Waals surface area contributed by atoms with Gasteiger partial charge in [0.25, 0.3) is 11.8 Å². The number of carboxylic acids is 1. The van der Waals surface area contributed by atoms with Crippen LogP contribution in [0, 0.1) is 11.8 Å². The summed E-state index contributed by atoms with van der Waals surface area (Å²) in [6.45, 7) is 6.75. The lowest BCUT2D eigenvalue weighted by atomic mass is 9.92. The van der Waals surface area contributed by atoms with E-state index >= 15 is 0 Å². The summed E-state index contributed by atoms with van der Waals surface area (Å²) in [6.07, 6.45) is 1.45. The van der Waals surface area contributed by atoms with E-state index in [1.54, 1.807) is 70.2 Å². The lowest BCUT2D eigenvalue weighted by Gasteiger charge is -2.35. The Morgan fingerprint density at radius 1 is 1.02 bits per heavy atom. The van der Waals surface area contributed by atoms with Gasteiger partial charge in [-0.15, -0.1) is 0 Å². The zero-order chi connectivity index (χ0) is 33.4. The maximum Gasteiger partial charge on any atom is 0.312 e. The number of amides is 2. The number of furan rings is 1. The number of anilines is 1. The smallest absolute Gasteiger partial charge is 0.312 e. The van der Waals surface area contributed by atoms with Crippen molar-refractivity contribution in [2.75, 3.05) is 11.9 Å². The highest BCUT2D eigenvalue weighted by Gasteiger charge is 2.48. The molecule has 2 amide bonds. The van der Waals surface area contributed by atoms with Crippen LogP contribution in [-0.2, 0) is 35.1 Å². The van der Waals surface area contributed by atoms with E-state index in [9.17, 15) is 29.1 Å². The molecular weight excluding hydrogens is 592 g/mol. The minimum Gasteiger partial charge on any atom is -0.481 e. The standard InChI is InChI=1S/C35H38N2O9/c1-22(37(19-11-14-23-12-7-5-8-13-23)32(40)30-27(33(41)42)21-29(38)45-30)26(34(43)46-35(2,3)4)20-25-17-18-28(44-25)31(39)36-24-15-9-6-10-16-24/h5-18,22,26-27,30H,19-21H2,1-4H3,(H,36,39)(H,41,42)/b14-11+. The number of benzene rings is 2. The van der Waals surface area contributed by atoms with Gasteiger partial charge in [0.2, 0.25) is 0 Å². The van der Waals surface area contributed by atoms with Gasteiger partial charge in [-0.2, -0.15) is 0 Å². The molecule has 0 spiro atoms. The molecule has 1 fully saturated rings. The predicted molar refractivity (Wildman–Crippen MR) is 168 cm³/mol. The number of hydrogen-bond donors (Lipinski definition) is 2. The van der Waals surface area contributed by atoms with Crippen molar-refractivity contribution in [3.8, 4) is 0 Å². The Labute approximate surface area is 267 Å². The first-order valence-electron chi connectivity index (χ1n) is 14.9. The molecule has 46 heavy (non-hydrogen) atoms. The van der Waals surface area contributed by atoms with E-state index in [2.05, 4.69) is 5.32 Å². The summed E-state index contributed by atoms with van der Waals surface area (Å²) >= 11 is 0. The van der Waals surface area contributed by atoms with Gasteiger partial charge in [-0.05, 0) is 57.5 Å². The highest BCUT2D eigenvalue weighted by molar-refractivity contribution is 6.02. The van der Waals surface area contributed by atoms with Gasteiger partial charge in [-0.25, -0.2) is 0 Å². The molecule has 1 aliphatic rings. The number of esters is 2. The second-order valence-corrected chi connectivity index (χ2v) is 12.0. The molecule has 3 aromatic rings. The van der Waals surface area contributed by atoms with E-state index in [1.807, 2.05) is 36.4 Å². The van der Waals surface area contributed by atoms with E-state index < -0.39 is 65.7 Å². The number of para-hydroxylation sites is 1. The van der Waals surface area contributed by atoms with Gasteiger partial charge >= 0.3 is 17.9 Å². The molecule has 11 nitrogen and oxygen atoms in total. The predicted octanol–water partition coefficient (Wildman–Crippen LogP) is 4.98. The molecule has 1 aromatic heterocycles. The Kier molecular flexibility index (Phi) is 10.8. The van der Waals surface area contributed by atoms with Crippen molar-refractivity contribution in [3.63, 3.8) is 0 Å². The van der Waals surface area contributed by atoms with Crippen LogP contribution in [0.3, 0.4) is 0 Å². The van der Waals surface area contributed by atoms with E-state index in [4.69, 9.17) is 13.9 Å². The van der Waals surface area contributed by atoms with Gasteiger partial charge < -0.3 is 29.2 Å². The number of nitrogens with one attached hydrogen (secondary N) is 1. The van der Waals surface area contributed by atoms with Gasteiger partial charge in [0.15, 0.2) is 11.9 Å². The monoisotopic (exact) mass is 630 g/mol. The molecular formula is C35H38N2O9. The van der Waals surface area contributed by atoms with Crippen LogP contribution in [0.5, 0.6) is 0 Å². The largest absolute Gasteiger partial charge is 0.481 e. The van der Waals surface area contributed by atoms with Gasteiger partial charge in [0, 0.05) is 24.7 Å². The molecule has 2 aromatic carbocycles. The number of aliphatic carboxylic acids is 1. The Morgan fingerprint density at radius 2 is 1.67 bits per heavy atom. The highest BCUT2D eigenvalue weighted by Crippen LogP contribution is 2.29. The van der Waals surface area contributed by atoms with E-state index in [0.29, 0.717) is 11.4 Å². The normalized spacial score (nSPS) is 17.6. The first-order chi connectivity index (χ1) is 21.8. The molecule has 4 rings (SSSR count). The third-order valence-electron chi connectivity index (χ3n) is 7.39. The summed E-state index contributed by atoms with van der Waals surface area (Å²) in [5.41, 5.74) is 0.575. The summed E-state index contributed by atoms with van der Waals surface area (Å²) in [7, 11) is 0. The lowest BCUT2D eigenvalue weighted by Crippen LogP contribution is -2.52. The van der Waals surface area contributed by atoms with Crippen molar-refractivity contribution in [2.45, 2.75) is 58.3 Å². The van der Waals surface area contributed by atoms with Crippen molar-refractivity contribution < 1.29 is 43.0 Å². The molecule has 0 bridgehead atoms.